The zero-order chi connectivity index (χ0) is 9.84. The lowest BCUT2D eigenvalue weighted by Crippen LogP contribution is -2.22. The molecule has 0 unspecified atom stereocenters. The molecule has 70 valence electrons. The van der Waals surface area contributed by atoms with Crippen LogP contribution >= 0.6 is 0 Å². The summed E-state index contributed by atoms with van der Waals surface area (Å²) in [5, 5.41) is 18.3. The number of aromatic amines is 1. The van der Waals surface area contributed by atoms with Crippen LogP contribution in [0.15, 0.2) is 6.07 Å². The van der Waals surface area contributed by atoms with Gasteiger partial charge in [-0.3, -0.25) is 4.79 Å². The summed E-state index contributed by atoms with van der Waals surface area (Å²) < 4.78 is 0. The standard InChI is InChI=1S/C6H8N4O3/c1-2-7-6(11)4-3-5(9-8-4)10(12)13/h3H,2H2,1H3,(H,7,11)(H,8,9). The Kier molecular flexibility index (Phi) is 2.58. The van der Waals surface area contributed by atoms with E-state index in [1.165, 1.54) is 0 Å². The molecule has 0 atom stereocenters. The average molecular weight is 184 g/mol. The number of H-pyrrole nitrogens is 1. The zero-order valence-electron chi connectivity index (χ0n) is 6.90. The molecule has 1 aromatic rings. The lowest BCUT2D eigenvalue weighted by Gasteiger charge is -1.93. The highest BCUT2D eigenvalue weighted by Crippen LogP contribution is 2.07. The molecule has 13 heavy (non-hydrogen) atoms. The number of nitrogens with zero attached hydrogens (tertiary/aromatic N) is 2. The van der Waals surface area contributed by atoms with Gasteiger partial charge >= 0.3 is 5.82 Å². The van der Waals surface area contributed by atoms with E-state index in [-0.39, 0.29) is 11.5 Å². The first-order chi connectivity index (χ1) is 6.15. The normalized spacial score (nSPS) is 9.62. The van der Waals surface area contributed by atoms with Crippen molar-refractivity contribution < 1.29 is 9.72 Å². The van der Waals surface area contributed by atoms with E-state index in [0.717, 1.165) is 6.07 Å². The lowest BCUT2D eigenvalue weighted by molar-refractivity contribution is -0.389. The fourth-order valence-corrected chi connectivity index (χ4v) is 0.773. The molecule has 0 saturated heterocycles. The molecule has 0 bridgehead atoms. The zero-order valence-corrected chi connectivity index (χ0v) is 6.90. The van der Waals surface area contributed by atoms with Gasteiger partial charge in [-0.2, -0.15) is 0 Å². The Morgan fingerprint density at radius 2 is 2.54 bits per heavy atom. The number of hydrogen-bond acceptors (Lipinski definition) is 4. The van der Waals surface area contributed by atoms with Gasteiger partial charge in [0, 0.05) is 6.54 Å². The monoisotopic (exact) mass is 184 g/mol. The molecule has 1 heterocycles. The molecule has 2 N–H and O–H groups in total. The van der Waals surface area contributed by atoms with Crippen LogP contribution in [0.2, 0.25) is 0 Å². The Bertz CT molecular complexity index is 332. The van der Waals surface area contributed by atoms with Crippen LogP contribution in [-0.4, -0.2) is 27.6 Å². The van der Waals surface area contributed by atoms with Crippen LogP contribution < -0.4 is 5.32 Å². The summed E-state index contributed by atoms with van der Waals surface area (Å²) in [5.41, 5.74) is 0.0218. The maximum atomic E-state index is 11.1. The Morgan fingerprint density at radius 1 is 1.85 bits per heavy atom. The van der Waals surface area contributed by atoms with Gasteiger partial charge in [-0.25, -0.2) is 0 Å². The van der Waals surface area contributed by atoms with E-state index in [4.69, 9.17) is 0 Å². The Morgan fingerprint density at radius 3 is 3.00 bits per heavy atom. The molecular formula is C6H8N4O3. The third-order valence-electron chi connectivity index (χ3n) is 1.33. The number of carbonyl (C=O) groups is 1. The van der Waals surface area contributed by atoms with Crippen molar-refractivity contribution in [1.29, 1.82) is 0 Å². The molecule has 1 rings (SSSR count). The van der Waals surface area contributed by atoms with Crippen molar-refractivity contribution in [2.75, 3.05) is 6.54 Å². The van der Waals surface area contributed by atoms with Gasteiger partial charge in [-0.15, -0.1) is 5.10 Å². The molecule has 0 fully saturated rings. The molecule has 1 amide bonds. The Hall–Kier alpha value is -1.92. The number of nitrogens with one attached hydrogen (secondary N) is 2. The van der Waals surface area contributed by atoms with Crippen LogP contribution in [0.3, 0.4) is 0 Å². The van der Waals surface area contributed by atoms with Crippen molar-refractivity contribution in [2.24, 2.45) is 0 Å². The number of amides is 1. The topological polar surface area (TPSA) is 101 Å². The maximum absolute atomic E-state index is 11.1. The van der Waals surface area contributed by atoms with Crippen molar-refractivity contribution in [1.82, 2.24) is 15.5 Å². The van der Waals surface area contributed by atoms with Crippen LogP contribution in [0, 0.1) is 10.1 Å². The summed E-state index contributed by atoms with van der Waals surface area (Å²) in [7, 11) is 0. The van der Waals surface area contributed by atoms with E-state index in [9.17, 15) is 14.9 Å². The quantitative estimate of drug-likeness (QED) is 0.512. The molecule has 0 saturated carbocycles. The predicted molar refractivity (Wildman–Crippen MR) is 43.2 cm³/mol. The maximum Gasteiger partial charge on any atom is 0.343 e. The van der Waals surface area contributed by atoms with Gasteiger partial charge in [-0.1, -0.05) is 5.10 Å². The highest BCUT2D eigenvalue weighted by Gasteiger charge is 2.14. The molecular weight excluding hydrogens is 176 g/mol. The fourth-order valence-electron chi connectivity index (χ4n) is 0.773. The SMILES string of the molecule is CCNC(=O)c1cc([N+](=O)[O-])[nH]n1. The summed E-state index contributed by atoms with van der Waals surface area (Å²) in [6, 6.07) is 1.09. The second kappa shape index (κ2) is 3.65. The van der Waals surface area contributed by atoms with E-state index < -0.39 is 10.8 Å². The second-order valence-electron chi connectivity index (χ2n) is 2.25. The summed E-state index contributed by atoms with van der Waals surface area (Å²) in [6.45, 7) is 2.21. The van der Waals surface area contributed by atoms with Crippen molar-refractivity contribution >= 4 is 11.7 Å². The third-order valence-corrected chi connectivity index (χ3v) is 1.33. The van der Waals surface area contributed by atoms with E-state index in [2.05, 4.69) is 15.5 Å². The van der Waals surface area contributed by atoms with Crippen molar-refractivity contribution in [2.45, 2.75) is 6.92 Å². The summed E-state index contributed by atoms with van der Waals surface area (Å²) >= 11 is 0. The molecule has 1 aromatic heterocycles. The first-order valence-electron chi connectivity index (χ1n) is 3.63. The predicted octanol–water partition coefficient (Wildman–Crippen LogP) is 0.0676. The molecule has 0 aliphatic carbocycles. The second-order valence-corrected chi connectivity index (χ2v) is 2.25. The largest absolute Gasteiger partial charge is 0.358 e. The van der Waals surface area contributed by atoms with Gasteiger partial charge in [0.2, 0.25) is 0 Å². The average Bonchev–Trinajstić information content (AvgIpc) is 2.52. The van der Waals surface area contributed by atoms with Gasteiger partial charge < -0.3 is 15.4 Å². The minimum absolute atomic E-state index is 0.0218. The summed E-state index contributed by atoms with van der Waals surface area (Å²) in [5.74, 6) is -0.715. The number of nitro groups is 1. The lowest BCUT2D eigenvalue weighted by atomic mass is 10.4. The Balaban J connectivity index is 2.79. The highest BCUT2D eigenvalue weighted by molar-refractivity contribution is 5.92. The van der Waals surface area contributed by atoms with Crippen molar-refractivity contribution in [3.63, 3.8) is 0 Å². The van der Waals surface area contributed by atoms with E-state index in [1.807, 2.05) is 0 Å². The number of aromatic nitrogens is 2. The molecule has 0 aliphatic heterocycles. The van der Waals surface area contributed by atoms with Crippen molar-refractivity contribution in [3.8, 4) is 0 Å². The van der Waals surface area contributed by atoms with Gasteiger partial charge in [0.1, 0.15) is 0 Å². The third kappa shape index (κ3) is 2.01. The van der Waals surface area contributed by atoms with Crippen LogP contribution in [0.1, 0.15) is 17.4 Å². The van der Waals surface area contributed by atoms with Crippen LogP contribution in [0.25, 0.3) is 0 Å². The first kappa shape index (κ1) is 9.17. The minimum atomic E-state index is -0.643. The van der Waals surface area contributed by atoms with Gasteiger partial charge in [0.25, 0.3) is 5.91 Å². The number of carbonyl (C=O) groups excluding carboxylic acids is 1. The van der Waals surface area contributed by atoms with E-state index in [0.29, 0.717) is 6.54 Å². The summed E-state index contributed by atoms with van der Waals surface area (Å²) in [6.07, 6.45) is 0. The van der Waals surface area contributed by atoms with Crippen molar-refractivity contribution in [3.05, 3.63) is 21.9 Å². The fraction of sp³-hybridized carbons (Fsp3) is 0.333. The minimum Gasteiger partial charge on any atom is -0.358 e. The van der Waals surface area contributed by atoms with E-state index in [1.54, 1.807) is 6.92 Å². The Labute approximate surface area is 73.3 Å². The van der Waals surface area contributed by atoms with Gasteiger partial charge in [0.05, 0.1) is 6.07 Å². The smallest absolute Gasteiger partial charge is 0.343 e. The van der Waals surface area contributed by atoms with Crippen LogP contribution in [0.4, 0.5) is 5.82 Å². The van der Waals surface area contributed by atoms with Gasteiger partial charge in [-0.05, 0) is 11.8 Å². The molecule has 0 spiro atoms. The summed E-state index contributed by atoms with van der Waals surface area (Å²) in [4.78, 5) is 20.6. The molecule has 0 aliphatic rings. The molecule has 0 aromatic carbocycles. The molecule has 0 radical (unpaired) electrons. The molecule has 7 nitrogen and oxygen atoms in total. The van der Waals surface area contributed by atoms with Gasteiger partial charge in [0.15, 0.2) is 5.69 Å². The van der Waals surface area contributed by atoms with E-state index >= 15 is 0 Å². The van der Waals surface area contributed by atoms with Crippen LogP contribution in [0.5, 0.6) is 0 Å². The highest BCUT2D eigenvalue weighted by atomic mass is 16.6. The number of hydrogen-bond donors (Lipinski definition) is 2. The molecule has 7 heteroatoms. The first-order valence-corrected chi connectivity index (χ1v) is 3.63. The number of rotatable bonds is 3. The van der Waals surface area contributed by atoms with Crippen LogP contribution in [-0.2, 0) is 0 Å².